The molecule has 0 aliphatic heterocycles. The summed E-state index contributed by atoms with van der Waals surface area (Å²) in [5.41, 5.74) is 0. The van der Waals surface area contributed by atoms with Crippen molar-refractivity contribution >= 4 is 5.97 Å². The van der Waals surface area contributed by atoms with Gasteiger partial charge in [0.25, 0.3) is 5.79 Å². The van der Waals surface area contributed by atoms with Crippen LogP contribution >= 0.6 is 0 Å². The van der Waals surface area contributed by atoms with E-state index in [-0.39, 0.29) is 0 Å². The lowest BCUT2D eigenvalue weighted by atomic mass is 10.2. The van der Waals surface area contributed by atoms with E-state index in [0.717, 1.165) is 0 Å². The van der Waals surface area contributed by atoms with Crippen LogP contribution in [-0.4, -0.2) is 38.2 Å². The largest absolute Gasteiger partial charge is 0.400 e. The molecule has 0 saturated carbocycles. The molecule has 13 heavy (non-hydrogen) atoms. The van der Waals surface area contributed by atoms with Gasteiger partial charge in [-0.1, -0.05) is 13.5 Å². The number of rotatable bonds is 4. The second-order valence-corrected chi connectivity index (χ2v) is 2.40. The Morgan fingerprint density at radius 3 is 2.23 bits per heavy atom. The van der Waals surface area contributed by atoms with Gasteiger partial charge in [-0.15, -0.1) is 0 Å². The Balaban J connectivity index is 4.56. The zero-order valence-electron chi connectivity index (χ0n) is 7.10. The summed E-state index contributed by atoms with van der Waals surface area (Å²) in [4.78, 5) is 10.5. The first-order valence-electron chi connectivity index (χ1n) is 3.51. The van der Waals surface area contributed by atoms with Crippen molar-refractivity contribution in [3.63, 3.8) is 0 Å². The number of aliphatic hydroxyl groups is 4. The van der Waals surface area contributed by atoms with E-state index in [9.17, 15) is 4.79 Å². The van der Waals surface area contributed by atoms with Crippen molar-refractivity contribution in [1.29, 1.82) is 0 Å². The molecule has 0 fully saturated rings. The molecule has 0 unspecified atom stereocenters. The van der Waals surface area contributed by atoms with Crippen LogP contribution < -0.4 is 0 Å². The Morgan fingerprint density at radius 1 is 1.46 bits per heavy atom. The quantitative estimate of drug-likeness (QED) is 0.244. The molecule has 0 radical (unpaired) electrons. The van der Waals surface area contributed by atoms with Crippen molar-refractivity contribution < 1.29 is 30.0 Å². The summed E-state index contributed by atoms with van der Waals surface area (Å²) >= 11 is 0. The maximum absolute atomic E-state index is 10.5. The fourth-order valence-corrected chi connectivity index (χ4v) is 0.494. The van der Waals surface area contributed by atoms with Gasteiger partial charge in [0.1, 0.15) is 0 Å². The van der Waals surface area contributed by atoms with Crippen molar-refractivity contribution in [1.82, 2.24) is 0 Å². The molecule has 0 saturated heterocycles. The summed E-state index contributed by atoms with van der Waals surface area (Å²) in [6.45, 7) is 4.26. The molecule has 0 aromatic rings. The van der Waals surface area contributed by atoms with Gasteiger partial charge in [0, 0.05) is 12.5 Å². The molecule has 76 valence electrons. The van der Waals surface area contributed by atoms with Gasteiger partial charge in [-0.25, -0.2) is 4.79 Å². The van der Waals surface area contributed by atoms with Gasteiger partial charge in [0.05, 0.1) is 0 Å². The molecule has 0 rings (SSSR count). The third kappa shape index (κ3) is 2.78. The van der Waals surface area contributed by atoms with E-state index in [1.54, 1.807) is 0 Å². The maximum atomic E-state index is 10.5. The molecule has 0 aromatic carbocycles. The predicted molar refractivity (Wildman–Crippen MR) is 40.9 cm³/mol. The molecular formula is C7H12O6. The van der Waals surface area contributed by atoms with Crippen LogP contribution in [0.15, 0.2) is 12.7 Å². The minimum Gasteiger partial charge on any atom is -0.400 e. The Labute approximate surface area is 74.7 Å². The van der Waals surface area contributed by atoms with Crippen LogP contribution in [0.2, 0.25) is 0 Å². The highest BCUT2D eigenvalue weighted by molar-refractivity contribution is 5.81. The molecule has 0 aromatic heterocycles. The first kappa shape index (κ1) is 12.0. The maximum Gasteiger partial charge on any atom is 0.381 e. The summed E-state index contributed by atoms with van der Waals surface area (Å²) in [6, 6.07) is 0. The lowest BCUT2D eigenvalue weighted by Gasteiger charge is -2.32. The lowest BCUT2D eigenvalue weighted by molar-refractivity contribution is -0.444. The third-order valence-corrected chi connectivity index (χ3v) is 1.42. The van der Waals surface area contributed by atoms with Crippen LogP contribution in [-0.2, 0) is 9.53 Å². The number of carbonyl (C=O) groups excluding carboxylic acids is 1. The van der Waals surface area contributed by atoms with Crippen molar-refractivity contribution in [2.75, 3.05) is 0 Å². The van der Waals surface area contributed by atoms with E-state index >= 15 is 0 Å². The van der Waals surface area contributed by atoms with Crippen LogP contribution in [0.1, 0.15) is 13.3 Å². The molecular weight excluding hydrogens is 180 g/mol. The van der Waals surface area contributed by atoms with Crippen LogP contribution in [0.5, 0.6) is 0 Å². The summed E-state index contributed by atoms with van der Waals surface area (Å²) in [5.74, 6) is -7.43. The van der Waals surface area contributed by atoms with Crippen molar-refractivity contribution in [2.45, 2.75) is 25.1 Å². The van der Waals surface area contributed by atoms with Gasteiger partial charge < -0.3 is 25.2 Å². The van der Waals surface area contributed by atoms with E-state index < -0.39 is 24.2 Å². The van der Waals surface area contributed by atoms with Crippen LogP contribution in [0.3, 0.4) is 0 Å². The zero-order chi connectivity index (χ0) is 10.7. The Bertz CT molecular complexity index is 207. The molecule has 0 aliphatic rings. The molecule has 6 nitrogen and oxygen atoms in total. The van der Waals surface area contributed by atoms with Crippen LogP contribution in [0.25, 0.3) is 0 Å². The molecule has 0 aliphatic carbocycles. The average Bonchev–Trinajstić information content (AvgIpc) is 2.03. The molecule has 0 heterocycles. The average molecular weight is 192 g/mol. The summed E-state index contributed by atoms with van der Waals surface area (Å²) in [5, 5.41) is 35.7. The SMILES string of the molecule is C=CC(=O)OC(O)(O)C(O)(O)CC. The van der Waals surface area contributed by atoms with Crippen molar-refractivity contribution in [3.8, 4) is 0 Å². The second kappa shape index (κ2) is 3.84. The Hall–Kier alpha value is -0.950. The molecule has 0 amide bonds. The number of ether oxygens (including phenoxy) is 1. The highest BCUT2D eigenvalue weighted by Gasteiger charge is 2.49. The molecule has 0 bridgehead atoms. The number of hydrogen-bond acceptors (Lipinski definition) is 6. The summed E-state index contributed by atoms with van der Waals surface area (Å²) in [6.07, 6.45) is 0.233. The van der Waals surface area contributed by atoms with E-state index in [2.05, 4.69) is 11.3 Å². The standard InChI is InChI=1S/C7H12O6/c1-3-5(8)13-7(11,12)6(9,10)4-2/h3,9-12H,1,4H2,2H3. The van der Waals surface area contributed by atoms with E-state index in [1.807, 2.05) is 0 Å². The Morgan fingerprint density at radius 2 is 1.92 bits per heavy atom. The minimum atomic E-state index is -3.34. The van der Waals surface area contributed by atoms with Gasteiger partial charge >= 0.3 is 11.9 Å². The fourth-order valence-electron chi connectivity index (χ4n) is 0.494. The van der Waals surface area contributed by atoms with Gasteiger partial charge in [-0.3, -0.25) is 0 Å². The van der Waals surface area contributed by atoms with Gasteiger partial charge in [-0.05, 0) is 0 Å². The van der Waals surface area contributed by atoms with Gasteiger partial charge in [0.15, 0.2) is 0 Å². The molecule has 6 heteroatoms. The number of esters is 1. The fraction of sp³-hybridized carbons (Fsp3) is 0.571. The number of carbonyl (C=O) groups is 1. The van der Waals surface area contributed by atoms with Crippen LogP contribution in [0, 0.1) is 0 Å². The predicted octanol–water partition coefficient (Wildman–Crippen LogP) is -1.56. The lowest BCUT2D eigenvalue weighted by Crippen LogP contribution is -2.56. The number of hydrogen-bond donors (Lipinski definition) is 4. The van der Waals surface area contributed by atoms with E-state index in [1.165, 1.54) is 6.92 Å². The smallest absolute Gasteiger partial charge is 0.381 e. The van der Waals surface area contributed by atoms with Gasteiger partial charge in [-0.2, -0.15) is 0 Å². The first-order valence-corrected chi connectivity index (χ1v) is 3.51. The summed E-state index contributed by atoms with van der Waals surface area (Å²) in [7, 11) is 0. The van der Waals surface area contributed by atoms with Gasteiger partial charge in [0.2, 0.25) is 0 Å². The normalized spacial score (nSPS) is 12.4. The molecule has 0 atom stereocenters. The van der Waals surface area contributed by atoms with Crippen LogP contribution in [0.4, 0.5) is 0 Å². The highest BCUT2D eigenvalue weighted by atomic mass is 16.8. The third-order valence-electron chi connectivity index (χ3n) is 1.42. The topological polar surface area (TPSA) is 107 Å². The van der Waals surface area contributed by atoms with Crippen molar-refractivity contribution in [2.24, 2.45) is 0 Å². The van der Waals surface area contributed by atoms with E-state index in [4.69, 9.17) is 20.4 Å². The molecule has 0 spiro atoms. The molecule has 4 N–H and O–H groups in total. The zero-order valence-corrected chi connectivity index (χ0v) is 7.10. The summed E-state index contributed by atoms with van der Waals surface area (Å²) < 4.78 is 3.90. The van der Waals surface area contributed by atoms with Crippen molar-refractivity contribution in [3.05, 3.63) is 12.7 Å². The van der Waals surface area contributed by atoms with E-state index in [0.29, 0.717) is 6.08 Å². The minimum absolute atomic E-state index is 0.426. The second-order valence-electron chi connectivity index (χ2n) is 2.40. The monoisotopic (exact) mass is 192 g/mol. The first-order chi connectivity index (χ1) is 5.77. The highest BCUT2D eigenvalue weighted by Crippen LogP contribution is 2.21. The Kier molecular flexibility index (Phi) is 3.56.